The highest BCUT2D eigenvalue weighted by Crippen LogP contribution is 2.23. The minimum absolute atomic E-state index is 0.579. The molecule has 0 saturated carbocycles. The molecule has 1 atom stereocenters. The zero-order chi connectivity index (χ0) is 15.0. The highest BCUT2D eigenvalue weighted by molar-refractivity contribution is 5.36. The normalized spacial score (nSPS) is 12.7. The number of hydrogen-bond acceptors (Lipinski definition) is 2. The zero-order valence-electron chi connectivity index (χ0n) is 13.8. The lowest BCUT2D eigenvalue weighted by atomic mass is 9.98. The van der Waals surface area contributed by atoms with Crippen LogP contribution < -0.4 is 10.1 Å². The minimum atomic E-state index is 0.579. The fourth-order valence-corrected chi connectivity index (χ4v) is 2.30. The van der Waals surface area contributed by atoms with Gasteiger partial charge in [-0.2, -0.15) is 0 Å². The van der Waals surface area contributed by atoms with Crippen LogP contribution in [0.4, 0.5) is 0 Å². The first kappa shape index (κ1) is 17.0. The van der Waals surface area contributed by atoms with E-state index in [2.05, 4.69) is 58.1 Å². The van der Waals surface area contributed by atoms with Crippen LogP contribution in [0.1, 0.15) is 64.0 Å². The average molecular weight is 277 g/mol. The summed E-state index contributed by atoms with van der Waals surface area (Å²) in [5, 5.41) is 3.50. The first-order valence-electron chi connectivity index (χ1n) is 8.01. The second kappa shape index (κ2) is 9.02. The smallest absolute Gasteiger partial charge is 0.119 e. The molecule has 0 fully saturated rings. The van der Waals surface area contributed by atoms with Gasteiger partial charge in [-0.3, -0.25) is 0 Å². The lowest BCUT2D eigenvalue weighted by molar-refractivity contribution is 0.304. The van der Waals surface area contributed by atoms with Crippen LogP contribution in [0, 0.1) is 6.92 Å². The van der Waals surface area contributed by atoms with Gasteiger partial charge in [-0.15, -0.1) is 0 Å². The van der Waals surface area contributed by atoms with Crippen LogP contribution in [-0.4, -0.2) is 19.2 Å². The van der Waals surface area contributed by atoms with Crippen LogP contribution in [0.3, 0.4) is 0 Å². The summed E-state index contributed by atoms with van der Waals surface area (Å²) in [5.74, 6) is 1.58. The highest BCUT2D eigenvalue weighted by Gasteiger charge is 2.04. The molecule has 0 aliphatic heterocycles. The molecule has 2 nitrogen and oxygen atoms in total. The van der Waals surface area contributed by atoms with Crippen molar-refractivity contribution in [2.75, 3.05) is 13.2 Å². The molecule has 1 aromatic carbocycles. The predicted octanol–water partition coefficient (Wildman–Crippen LogP) is 4.67. The molecular weight excluding hydrogens is 246 g/mol. The molecular formula is C18H31NO. The molecule has 0 bridgehead atoms. The van der Waals surface area contributed by atoms with E-state index in [0.717, 1.165) is 25.3 Å². The van der Waals surface area contributed by atoms with Crippen molar-refractivity contribution in [2.45, 2.75) is 65.8 Å². The third-order valence-electron chi connectivity index (χ3n) is 3.81. The van der Waals surface area contributed by atoms with Crippen molar-refractivity contribution in [1.29, 1.82) is 0 Å². The molecule has 20 heavy (non-hydrogen) atoms. The number of benzene rings is 1. The minimum Gasteiger partial charge on any atom is -0.494 e. The summed E-state index contributed by atoms with van der Waals surface area (Å²) in [4.78, 5) is 0. The van der Waals surface area contributed by atoms with Crippen molar-refractivity contribution in [3.63, 3.8) is 0 Å². The van der Waals surface area contributed by atoms with Gasteiger partial charge in [0.25, 0.3) is 0 Å². The lowest BCUT2D eigenvalue weighted by Gasteiger charge is -2.13. The number of nitrogens with one attached hydrogen (secondary N) is 1. The molecule has 0 radical (unpaired) electrons. The zero-order valence-corrected chi connectivity index (χ0v) is 13.8. The molecule has 0 amide bonds. The number of ether oxygens (including phenoxy) is 1. The Balaban J connectivity index is 2.24. The molecule has 0 aliphatic carbocycles. The van der Waals surface area contributed by atoms with Gasteiger partial charge in [0.15, 0.2) is 0 Å². The number of hydrogen-bond donors (Lipinski definition) is 1. The average Bonchev–Trinajstić information content (AvgIpc) is 2.42. The van der Waals surface area contributed by atoms with E-state index < -0.39 is 0 Å². The van der Waals surface area contributed by atoms with Crippen LogP contribution in [0.2, 0.25) is 0 Å². The van der Waals surface area contributed by atoms with Crippen molar-refractivity contribution >= 4 is 0 Å². The fraction of sp³-hybridized carbons (Fsp3) is 0.667. The van der Waals surface area contributed by atoms with Crippen LogP contribution >= 0.6 is 0 Å². The molecule has 1 aromatic rings. The van der Waals surface area contributed by atoms with Gasteiger partial charge in [0.05, 0.1) is 6.61 Å². The maximum atomic E-state index is 5.83. The Hall–Kier alpha value is -1.02. The van der Waals surface area contributed by atoms with Crippen LogP contribution in [0.5, 0.6) is 5.75 Å². The quantitative estimate of drug-likeness (QED) is 0.663. The van der Waals surface area contributed by atoms with Gasteiger partial charge in [0, 0.05) is 6.04 Å². The van der Waals surface area contributed by atoms with Gasteiger partial charge in [-0.1, -0.05) is 26.8 Å². The Morgan fingerprint density at radius 2 is 1.90 bits per heavy atom. The van der Waals surface area contributed by atoms with E-state index in [9.17, 15) is 0 Å². The van der Waals surface area contributed by atoms with E-state index >= 15 is 0 Å². The summed E-state index contributed by atoms with van der Waals surface area (Å²) in [6.45, 7) is 13.0. The van der Waals surface area contributed by atoms with Crippen LogP contribution in [0.25, 0.3) is 0 Å². The Morgan fingerprint density at radius 1 is 1.15 bits per heavy atom. The first-order chi connectivity index (χ1) is 9.54. The van der Waals surface area contributed by atoms with E-state index in [-0.39, 0.29) is 0 Å². The number of unbranched alkanes of at least 4 members (excludes halogenated alkanes) is 1. The molecule has 114 valence electrons. The van der Waals surface area contributed by atoms with E-state index in [1.807, 2.05) is 0 Å². The van der Waals surface area contributed by atoms with Crippen molar-refractivity contribution in [2.24, 2.45) is 0 Å². The summed E-state index contributed by atoms with van der Waals surface area (Å²) < 4.78 is 5.83. The molecule has 1 unspecified atom stereocenters. The molecule has 1 rings (SSSR count). The van der Waals surface area contributed by atoms with Gasteiger partial charge >= 0.3 is 0 Å². The first-order valence-corrected chi connectivity index (χ1v) is 8.01. The lowest BCUT2D eigenvalue weighted by Crippen LogP contribution is -2.26. The molecule has 2 heteroatoms. The van der Waals surface area contributed by atoms with Gasteiger partial charge in [0.2, 0.25) is 0 Å². The van der Waals surface area contributed by atoms with Crippen molar-refractivity contribution in [3.8, 4) is 5.75 Å². The Labute approximate surface area is 124 Å². The highest BCUT2D eigenvalue weighted by atomic mass is 16.5. The summed E-state index contributed by atoms with van der Waals surface area (Å²) in [6, 6.07) is 7.08. The van der Waals surface area contributed by atoms with Gasteiger partial charge in [0.1, 0.15) is 5.75 Å². The summed E-state index contributed by atoms with van der Waals surface area (Å²) in [7, 11) is 0. The van der Waals surface area contributed by atoms with E-state index in [0.29, 0.717) is 12.0 Å². The Morgan fingerprint density at radius 3 is 2.50 bits per heavy atom. The second-order valence-electron chi connectivity index (χ2n) is 5.99. The second-order valence-corrected chi connectivity index (χ2v) is 5.99. The molecule has 1 N–H and O–H groups in total. The topological polar surface area (TPSA) is 21.3 Å². The third-order valence-corrected chi connectivity index (χ3v) is 3.81. The van der Waals surface area contributed by atoms with Crippen molar-refractivity contribution in [3.05, 3.63) is 29.3 Å². The number of rotatable bonds is 9. The molecule has 0 spiro atoms. The van der Waals surface area contributed by atoms with Crippen molar-refractivity contribution in [1.82, 2.24) is 5.32 Å². The monoisotopic (exact) mass is 277 g/mol. The van der Waals surface area contributed by atoms with E-state index in [4.69, 9.17) is 4.74 Å². The van der Waals surface area contributed by atoms with Crippen LogP contribution in [-0.2, 0) is 0 Å². The van der Waals surface area contributed by atoms with E-state index in [1.165, 1.54) is 24.0 Å². The van der Waals surface area contributed by atoms with E-state index in [1.54, 1.807) is 0 Å². The van der Waals surface area contributed by atoms with Gasteiger partial charge in [-0.25, -0.2) is 0 Å². The molecule has 0 saturated heterocycles. The fourth-order valence-electron chi connectivity index (χ4n) is 2.30. The molecule has 0 aromatic heterocycles. The Kier molecular flexibility index (Phi) is 7.68. The largest absolute Gasteiger partial charge is 0.494 e. The van der Waals surface area contributed by atoms with Gasteiger partial charge < -0.3 is 10.1 Å². The maximum absolute atomic E-state index is 5.83. The number of aryl methyl sites for hydroxylation is 1. The molecule has 0 aliphatic rings. The third kappa shape index (κ3) is 5.96. The standard InChI is InChI=1S/C18H31NO/c1-6-16(5)19-11-7-8-12-20-17-9-10-18(14(2)3)15(4)13-17/h9-10,13-14,16,19H,6-8,11-12H2,1-5H3. The summed E-state index contributed by atoms with van der Waals surface area (Å²) >= 11 is 0. The van der Waals surface area contributed by atoms with Crippen LogP contribution in [0.15, 0.2) is 18.2 Å². The SMILES string of the molecule is CCC(C)NCCCCOc1ccc(C(C)C)c(C)c1. The Bertz CT molecular complexity index is 387. The van der Waals surface area contributed by atoms with Gasteiger partial charge in [-0.05, 0) is 68.8 Å². The predicted molar refractivity (Wildman–Crippen MR) is 87.8 cm³/mol. The maximum Gasteiger partial charge on any atom is 0.119 e. The van der Waals surface area contributed by atoms with Crippen molar-refractivity contribution < 1.29 is 4.74 Å². The molecule has 0 heterocycles. The summed E-state index contributed by atoms with van der Waals surface area (Å²) in [6.07, 6.45) is 3.47. The summed E-state index contributed by atoms with van der Waals surface area (Å²) in [5.41, 5.74) is 2.74.